The summed E-state index contributed by atoms with van der Waals surface area (Å²) in [5, 5.41) is 0. The minimum absolute atomic E-state index is 0.285. The molecule has 37 heavy (non-hydrogen) atoms. The first-order valence-electron chi connectivity index (χ1n) is 11.3. The topological polar surface area (TPSA) is 45.7 Å². The summed E-state index contributed by atoms with van der Waals surface area (Å²) >= 11 is 0. The Bertz CT molecular complexity index is 1210. The van der Waals surface area contributed by atoms with E-state index in [9.17, 15) is 31.1 Å². The molecule has 1 aliphatic heterocycles. The Hall–Kier alpha value is -3.60. The van der Waals surface area contributed by atoms with Gasteiger partial charge in [0.1, 0.15) is 11.4 Å². The van der Waals surface area contributed by atoms with Crippen LogP contribution in [0.25, 0.3) is 0 Å². The molecule has 0 spiro atoms. The molecule has 3 atom stereocenters. The lowest BCUT2D eigenvalue weighted by atomic mass is 10.0. The Morgan fingerprint density at radius 2 is 1.62 bits per heavy atom. The summed E-state index contributed by atoms with van der Waals surface area (Å²) in [6.07, 6.45) is -7.89. The molecule has 0 N–H and O–H groups in total. The molecule has 1 aromatic heterocycles. The Balaban J connectivity index is 1.62. The number of carbonyl (C=O) groups excluding carboxylic acids is 1. The number of rotatable bonds is 6. The van der Waals surface area contributed by atoms with E-state index in [0.29, 0.717) is 17.7 Å². The standard InChI is InChI=1S/C26H23F6N3O2/c1-16(18-8-13-23(33-15-18)25(27,28)29)34(2)22-14-21(17-6-4-3-5-7-17)35(24(22)36)19-9-11-20(12-10-19)37-26(30,31)32/h3-13,15-16,21-22H,14H2,1-2H3/t16?,21-,22-/m1/s1. The van der Waals surface area contributed by atoms with Crippen LogP contribution < -0.4 is 9.64 Å². The molecule has 1 saturated heterocycles. The number of benzene rings is 2. The fourth-order valence-corrected chi connectivity index (χ4v) is 4.47. The molecule has 1 amide bonds. The Kier molecular flexibility index (Phi) is 7.18. The zero-order valence-electron chi connectivity index (χ0n) is 19.8. The third-order valence-corrected chi connectivity index (χ3v) is 6.48. The lowest BCUT2D eigenvalue weighted by molar-refractivity contribution is -0.274. The average Bonchev–Trinajstić information content (AvgIpc) is 3.19. The number of alkyl halides is 6. The maximum absolute atomic E-state index is 13.7. The second kappa shape index (κ2) is 10.0. The van der Waals surface area contributed by atoms with Gasteiger partial charge in [0, 0.05) is 17.9 Å². The van der Waals surface area contributed by atoms with Crippen LogP contribution in [0.5, 0.6) is 5.75 Å². The van der Waals surface area contributed by atoms with Crippen LogP contribution in [0.1, 0.15) is 42.2 Å². The van der Waals surface area contributed by atoms with Gasteiger partial charge in [-0.2, -0.15) is 13.2 Å². The van der Waals surface area contributed by atoms with Gasteiger partial charge in [-0.15, -0.1) is 13.2 Å². The number of nitrogens with zero attached hydrogens (tertiary/aromatic N) is 3. The molecule has 0 bridgehead atoms. The highest BCUT2D eigenvalue weighted by atomic mass is 19.4. The summed E-state index contributed by atoms with van der Waals surface area (Å²) in [6.45, 7) is 1.76. The van der Waals surface area contributed by atoms with Crippen LogP contribution in [0.2, 0.25) is 0 Å². The van der Waals surface area contributed by atoms with E-state index < -0.39 is 42.1 Å². The second-order valence-corrected chi connectivity index (χ2v) is 8.74. The van der Waals surface area contributed by atoms with Crippen molar-refractivity contribution in [2.45, 2.75) is 44.0 Å². The van der Waals surface area contributed by atoms with E-state index in [1.165, 1.54) is 23.1 Å². The molecule has 2 heterocycles. The van der Waals surface area contributed by atoms with E-state index in [-0.39, 0.29) is 5.91 Å². The first-order chi connectivity index (χ1) is 17.3. The Morgan fingerprint density at radius 1 is 0.973 bits per heavy atom. The van der Waals surface area contributed by atoms with Crippen LogP contribution in [-0.2, 0) is 11.0 Å². The quantitative estimate of drug-likeness (QED) is 0.345. The van der Waals surface area contributed by atoms with E-state index in [4.69, 9.17) is 0 Å². The Morgan fingerprint density at radius 3 is 2.16 bits per heavy atom. The molecule has 0 radical (unpaired) electrons. The van der Waals surface area contributed by atoms with E-state index >= 15 is 0 Å². The van der Waals surface area contributed by atoms with Crippen LogP contribution in [0.4, 0.5) is 32.0 Å². The maximum Gasteiger partial charge on any atom is 0.573 e. The monoisotopic (exact) mass is 523 g/mol. The molecule has 1 fully saturated rings. The number of halogens is 6. The molecule has 1 aliphatic rings. The SMILES string of the molecule is CC(c1ccc(C(F)(F)F)nc1)N(C)[C@@H]1C[C@H](c2ccccc2)N(c2ccc(OC(F)(F)F)cc2)C1=O. The zero-order chi connectivity index (χ0) is 27.0. The van der Waals surface area contributed by atoms with Gasteiger partial charge in [0.15, 0.2) is 0 Å². The molecule has 5 nitrogen and oxygen atoms in total. The minimum Gasteiger partial charge on any atom is -0.406 e. The van der Waals surface area contributed by atoms with Crippen LogP contribution in [0.3, 0.4) is 0 Å². The predicted molar refractivity (Wildman–Crippen MR) is 124 cm³/mol. The number of anilines is 1. The van der Waals surface area contributed by atoms with Gasteiger partial charge in [0.2, 0.25) is 5.91 Å². The highest BCUT2D eigenvalue weighted by Crippen LogP contribution is 2.41. The van der Waals surface area contributed by atoms with E-state index in [0.717, 1.165) is 30.0 Å². The molecule has 0 aliphatic carbocycles. The van der Waals surface area contributed by atoms with Gasteiger partial charge in [0.25, 0.3) is 0 Å². The average molecular weight is 523 g/mol. The summed E-state index contributed by atoms with van der Waals surface area (Å²) in [5.41, 5.74) is 0.738. The van der Waals surface area contributed by atoms with E-state index in [2.05, 4.69) is 9.72 Å². The summed E-state index contributed by atoms with van der Waals surface area (Å²) in [6, 6.07) is 15.0. The van der Waals surface area contributed by atoms with Crippen LogP contribution >= 0.6 is 0 Å². The van der Waals surface area contributed by atoms with Gasteiger partial charge in [-0.05, 0) is 61.9 Å². The van der Waals surface area contributed by atoms with E-state index in [1.54, 1.807) is 18.9 Å². The number of likely N-dealkylation sites (N-methyl/N-ethyl adjacent to an activating group) is 1. The van der Waals surface area contributed by atoms with Crippen molar-refractivity contribution in [1.82, 2.24) is 9.88 Å². The fourth-order valence-electron chi connectivity index (χ4n) is 4.47. The van der Waals surface area contributed by atoms with Crippen molar-refractivity contribution in [2.75, 3.05) is 11.9 Å². The lowest BCUT2D eigenvalue weighted by Gasteiger charge is -2.30. The lowest BCUT2D eigenvalue weighted by Crippen LogP contribution is -2.41. The number of ether oxygens (including phenoxy) is 1. The second-order valence-electron chi connectivity index (χ2n) is 8.74. The third-order valence-electron chi connectivity index (χ3n) is 6.48. The first-order valence-corrected chi connectivity index (χ1v) is 11.3. The molecule has 196 valence electrons. The summed E-state index contributed by atoms with van der Waals surface area (Å²) in [4.78, 5) is 20.5. The van der Waals surface area contributed by atoms with Gasteiger partial charge in [-0.25, -0.2) is 0 Å². The van der Waals surface area contributed by atoms with E-state index in [1.807, 2.05) is 30.3 Å². The van der Waals surface area contributed by atoms with Crippen molar-refractivity contribution in [1.29, 1.82) is 0 Å². The molecule has 0 saturated carbocycles. The molecule has 1 unspecified atom stereocenters. The molecule has 3 aromatic rings. The number of hydrogen-bond acceptors (Lipinski definition) is 4. The van der Waals surface area contributed by atoms with Gasteiger partial charge in [-0.1, -0.05) is 36.4 Å². The van der Waals surface area contributed by atoms with Crippen molar-refractivity contribution in [3.8, 4) is 5.75 Å². The van der Waals surface area contributed by atoms with Crippen molar-refractivity contribution in [2.24, 2.45) is 0 Å². The summed E-state index contributed by atoms with van der Waals surface area (Å²) < 4.78 is 80.4. The number of carbonyl (C=O) groups is 1. The highest BCUT2D eigenvalue weighted by Gasteiger charge is 2.44. The summed E-state index contributed by atoms with van der Waals surface area (Å²) in [5.74, 6) is -0.691. The minimum atomic E-state index is -4.84. The highest BCUT2D eigenvalue weighted by molar-refractivity contribution is 6.00. The molecular weight excluding hydrogens is 500 g/mol. The summed E-state index contributed by atoms with van der Waals surface area (Å²) in [7, 11) is 1.71. The smallest absolute Gasteiger partial charge is 0.406 e. The van der Waals surface area contributed by atoms with Gasteiger partial charge >= 0.3 is 12.5 Å². The van der Waals surface area contributed by atoms with Gasteiger partial charge in [-0.3, -0.25) is 14.7 Å². The predicted octanol–water partition coefficient (Wildman–Crippen LogP) is 6.54. The number of hydrogen-bond donors (Lipinski definition) is 0. The fraction of sp³-hybridized carbons (Fsp3) is 0.308. The van der Waals surface area contributed by atoms with Gasteiger partial charge in [0.05, 0.1) is 12.1 Å². The normalized spacial score (nSPS) is 19.4. The van der Waals surface area contributed by atoms with Crippen LogP contribution in [-0.4, -0.2) is 35.2 Å². The maximum atomic E-state index is 13.7. The Labute approximate surface area is 209 Å². The van der Waals surface area contributed by atoms with Crippen molar-refractivity contribution >= 4 is 11.6 Å². The van der Waals surface area contributed by atoms with Crippen molar-refractivity contribution < 1.29 is 35.9 Å². The zero-order valence-corrected chi connectivity index (χ0v) is 19.8. The number of aromatic nitrogens is 1. The number of pyridine rings is 1. The van der Waals surface area contributed by atoms with Gasteiger partial charge < -0.3 is 9.64 Å². The number of amides is 1. The van der Waals surface area contributed by atoms with Crippen molar-refractivity contribution in [3.63, 3.8) is 0 Å². The molecule has 2 aromatic carbocycles. The third kappa shape index (κ3) is 5.87. The molecule has 4 rings (SSSR count). The first kappa shape index (κ1) is 26.5. The molecular formula is C26H23F6N3O2. The van der Waals surface area contributed by atoms with Crippen molar-refractivity contribution in [3.05, 3.63) is 89.7 Å². The molecule has 11 heteroatoms. The largest absolute Gasteiger partial charge is 0.573 e. The van der Waals surface area contributed by atoms with Crippen LogP contribution in [0.15, 0.2) is 72.9 Å². The van der Waals surface area contributed by atoms with Crippen LogP contribution in [0, 0.1) is 0 Å².